The predicted molar refractivity (Wildman–Crippen MR) is 69.6 cm³/mol. The van der Waals surface area contributed by atoms with Crippen LogP contribution in [-0.2, 0) is 4.74 Å². The molecule has 2 N–H and O–H groups in total. The molecule has 0 saturated heterocycles. The van der Waals surface area contributed by atoms with Gasteiger partial charge in [0.2, 0.25) is 0 Å². The van der Waals surface area contributed by atoms with Crippen LogP contribution in [0.25, 0.3) is 0 Å². The van der Waals surface area contributed by atoms with Crippen molar-refractivity contribution in [2.24, 2.45) is 5.92 Å². The molecule has 1 aliphatic carbocycles. The molecule has 0 atom stereocenters. The first kappa shape index (κ1) is 13.6. The molecular formula is C14H18FNO3. The van der Waals surface area contributed by atoms with Gasteiger partial charge in [0.1, 0.15) is 11.6 Å². The van der Waals surface area contributed by atoms with Crippen molar-refractivity contribution in [2.45, 2.75) is 32.8 Å². The van der Waals surface area contributed by atoms with E-state index in [0.717, 1.165) is 18.9 Å². The zero-order valence-corrected chi connectivity index (χ0v) is 11.1. The molecule has 2 rings (SSSR count). The van der Waals surface area contributed by atoms with Crippen LogP contribution in [0.15, 0.2) is 12.1 Å². The largest absolute Gasteiger partial charge is 0.491 e. The van der Waals surface area contributed by atoms with Crippen LogP contribution in [0.5, 0.6) is 5.75 Å². The molecule has 19 heavy (non-hydrogen) atoms. The Balaban J connectivity index is 2.19. The second kappa shape index (κ2) is 5.47. The van der Waals surface area contributed by atoms with Gasteiger partial charge in [0.25, 0.3) is 0 Å². The van der Waals surface area contributed by atoms with Crippen molar-refractivity contribution in [1.29, 1.82) is 0 Å². The van der Waals surface area contributed by atoms with E-state index in [1.54, 1.807) is 13.8 Å². The minimum atomic E-state index is -0.636. The molecule has 0 unspecified atom stereocenters. The average molecular weight is 267 g/mol. The molecule has 5 heteroatoms. The average Bonchev–Trinajstić information content (AvgIpc) is 3.12. The highest BCUT2D eigenvalue weighted by Gasteiger charge is 2.24. The lowest BCUT2D eigenvalue weighted by Crippen LogP contribution is -2.15. The molecule has 0 spiro atoms. The quantitative estimate of drug-likeness (QED) is 0.658. The monoisotopic (exact) mass is 267 g/mol. The first-order valence-corrected chi connectivity index (χ1v) is 6.40. The summed E-state index contributed by atoms with van der Waals surface area (Å²) in [7, 11) is 0. The summed E-state index contributed by atoms with van der Waals surface area (Å²) in [5, 5.41) is 0. The first-order chi connectivity index (χ1) is 8.97. The third kappa shape index (κ3) is 3.59. The van der Waals surface area contributed by atoms with Crippen molar-refractivity contribution in [3.8, 4) is 5.75 Å². The first-order valence-electron chi connectivity index (χ1n) is 6.40. The van der Waals surface area contributed by atoms with Gasteiger partial charge in [-0.3, -0.25) is 0 Å². The molecule has 0 aromatic heterocycles. The highest BCUT2D eigenvalue weighted by Crippen LogP contribution is 2.33. The summed E-state index contributed by atoms with van der Waals surface area (Å²) in [6.45, 7) is 3.95. The fourth-order valence-electron chi connectivity index (χ4n) is 1.65. The maximum absolute atomic E-state index is 13.5. The van der Waals surface area contributed by atoms with Gasteiger partial charge < -0.3 is 15.2 Å². The van der Waals surface area contributed by atoms with Gasteiger partial charge in [-0.25, -0.2) is 9.18 Å². The zero-order valence-electron chi connectivity index (χ0n) is 11.1. The Morgan fingerprint density at radius 2 is 2.16 bits per heavy atom. The summed E-state index contributed by atoms with van der Waals surface area (Å²) in [5.74, 6) is -0.463. The number of hydrogen-bond acceptors (Lipinski definition) is 4. The lowest BCUT2D eigenvalue weighted by atomic mass is 10.1. The van der Waals surface area contributed by atoms with Crippen LogP contribution in [0.1, 0.15) is 37.0 Å². The third-order valence-electron chi connectivity index (χ3n) is 2.84. The maximum Gasteiger partial charge on any atom is 0.340 e. The van der Waals surface area contributed by atoms with Gasteiger partial charge in [0, 0.05) is 6.07 Å². The SMILES string of the molecule is CC(C)OC(=O)c1cc(F)cc(OCC2CC2)c1N. The van der Waals surface area contributed by atoms with Crippen LogP contribution in [0, 0.1) is 11.7 Å². The Kier molecular flexibility index (Phi) is 3.93. The molecule has 0 bridgehead atoms. The number of carbonyl (C=O) groups excluding carboxylic acids is 1. The van der Waals surface area contributed by atoms with E-state index >= 15 is 0 Å². The Morgan fingerprint density at radius 3 is 2.74 bits per heavy atom. The predicted octanol–water partition coefficient (Wildman–Crippen LogP) is 2.76. The van der Waals surface area contributed by atoms with Crippen LogP contribution in [0.4, 0.5) is 10.1 Å². The minimum Gasteiger partial charge on any atom is -0.491 e. The summed E-state index contributed by atoms with van der Waals surface area (Å²) in [6, 6.07) is 2.27. The molecule has 0 heterocycles. The van der Waals surface area contributed by atoms with Crippen LogP contribution >= 0.6 is 0 Å². The highest BCUT2D eigenvalue weighted by atomic mass is 19.1. The van der Waals surface area contributed by atoms with Crippen molar-refractivity contribution in [3.63, 3.8) is 0 Å². The second-order valence-corrected chi connectivity index (χ2v) is 5.07. The van der Waals surface area contributed by atoms with Crippen LogP contribution in [0.3, 0.4) is 0 Å². The number of nitrogens with two attached hydrogens (primary N) is 1. The number of nitrogen functional groups attached to an aromatic ring is 1. The lowest BCUT2D eigenvalue weighted by Gasteiger charge is -2.13. The smallest absolute Gasteiger partial charge is 0.340 e. The third-order valence-corrected chi connectivity index (χ3v) is 2.84. The molecule has 1 aromatic rings. The van der Waals surface area contributed by atoms with E-state index in [9.17, 15) is 9.18 Å². The standard InChI is InChI=1S/C14H18FNO3/c1-8(2)19-14(17)11-5-10(15)6-12(13(11)16)18-7-9-3-4-9/h5-6,8-9H,3-4,7,16H2,1-2H3. The molecule has 1 aliphatic rings. The van der Waals surface area contributed by atoms with E-state index in [0.29, 0.717) is 12.5 Å². The van der Waals surface area contributed by atoms with E-state index in [1.165, 1.54) is 6.07 Å². The van der Waals surface area contributed by atoms with Gasteiger partial charge in [0.05, 0.1) is 24.0 Å². The summed E-state index contributed by atoms with van der Waals surface area (Å²) >= 11 is 0. The molecule has 1 saturated carbocycles. The minimum absolute atomic E-state index is 0.0134. The normalized spacial score (nSPS) is 14.5. The van der Waals surface area contributed by atoms with Crippen LogP contribution in [-0.4, -0.2) is 18.7 Å². The molecule has 0 radical (unpaired) electrons. The number of ether oxygens (including phenoxy) is 2. The number of benzene rings is 1. The van der Waals surface area contributed by atoms with Crippen molar-refractivity contribution >= 4 is 11.7 Å². The van der Waals surface area contributed by atoms with Gasteiger partial charge in [-0.1, -0.05) is 0 Å². The number of hydrogen-bond donors (Lipinski definition) is 1. The lowest BCUT2D eigenvalue weighted by molar-refractivity contribution is 0.0378. The Labute approximate surface area is 111 Å². The number of anilines is 1. The van der Waals surface area contributed by atoms with E-state index < -0.39 is 11.8 Å². The highest BCUT2D eigenvalue weighted by molar-refractivity contribution is 5.96. The van der Waals surface area contributed by atoms with Gasteiger partial charge in [-0.15, -0.1) is 0 Å². The van der Waals surface area contributed by atoms with E-state index in [2.05, 4.69) is 0 Å². The van der Waals surface area contributed by atoms with Crippen molar-refractivity contribution < 1.29 is 18.7 Å². The molecular weight excluding hydrogens is 249 g/mol. The number of esters is 1. The summed E-state index contributed by atoms with van der Waals surface area (Å²) in [4.78, 5) is 11.8. The van der Waals surface area contributed by atoms with Gasteiger partial charge in [-0.2, -0.15) is 0 Å². The van der Waals surface area contributed by atoms with E-state index in [4.69, 9.17) is 15.2 Å². The number of carbonyl (C=O) groups is 1. The molecule has 4 nitrogen and oxygen atoms in total. The zero-order chi connectivity index (χ0) is 14.0. The fourth-order valence-corrected chi connectivity index (χ4v) is 1.65. The van der Waals surface area contributed by atoms with Gasteiger partial charge in [0.15, 0.2) is 0 Å². The van der Waals surface area contributed by atoms with Crippen molar-refractivity contribution in [3.05, 3.63) is 23.5 Å². The van der Waals surface area contributed by atoms with Crippen molar-refractivity contribution in [2.75, 3.05) is 12.3 Å². The molecule has 1 fully saturated rings. The summed E-state index contributed by atoms with van der Waals surface area (Å²) in [5.41, 5.74) is 5.99. The Hall–Kier alpha value is -1.78. The molecule has 0 aliphatic heterocycles. The van der Waals surface area contributed by atoms with Crippen molar-refractivity contribution in [1.82, 2.24) is 0 Å². The summed E-state index contributed by atoms with van der Waals surface area (Å²) in [6.07, 6.45) is 1.96. The van der Waals surface area contributed by atoms with E-state index in [1.807, 2.05) is 0 Å². The summed E-state index contributed by atoms with van der Waals surface area (Å²) < 4.78 is 24.0. The Morgan fingerprint density at radius 1 is 1.47 bits per heavy atom. The maximum atomic E-state index is 13.5. The molecule has 1 aromatic carbocycles. The van der Waals surface area contributed by atoms with E-state index in [-0.39, 0.29) is 23.1 Å². The second-order valence-electron chi connectivity index (χ2n) is 5.07. The number of halogens is 1. The van der Waals surface area contributed by atoms with Crippen LogP contribution in [0.2, 0.25) is 0 Å². The topological polar surface area (TPSA) is 61.5 Å². The van der Waals surface area contributed by atoms with Crippen LogP contribution < -0.4 is 10.5 Å². The fraction of sp³-hybridized carbons (Fsp3) is 0.500. The molecule has 104 valence electrons. The van der Waals surface area contributed by atoms with Gasteiger partial charge >= 0.3 is 5.97 Å². The molecule has 0 amide bonds. The Bertz CT molecular complexity index is 484. The van der Waals surface area contributed by atoms with Gasteiger partial charge in [-0.05, 0) is 38.7 Å². The number of rotatable bonds is 5.